The lowest BCUT2D eigenvalue weighted by Crippen LogP contribution is -2.36. The highest BCUT2D eigenvalue weighted by Crippen LogP contribution is 2.26. The van der Waals surface area contributed by atoms with Crippen molar-refractivity contribution in [3.05, 3.63) is 29.8 Å². The summed E-state index contributed by atoms with van der Waals surface area (Å²) >= 11 is 0. The summed E-state index contributed by atoms with van der Waals surface area (Å²) in [6, 6.07) is 8.81. The van der Waals surface area contributed by atoms with Crippen LogP contribution in [0.2, 0.25) is 0 Å². The molecule has 1 heterocycles. The molecule has 0 spiro atoms. The van der Waals surface area contributed by atoms with Gasteiger partial charge in [-0.2, -0.15) is 0 Å². The Labute approximate surface area is 116 Å². The summed E-state index contributed by atoms with van der Waals surface area (Å²) in [5, 5.41) is 9.28. The van der Waals surface area contributed by atoms with E-state index in [0.717, 1.165) is 25.9 Å². The topological polar surface area (TPSA) is 49.5 Å². The van der Waals surface area contributed by atoms with Crippen molar-refractivity contribution in [1.29, 1.82) is 0 Å². The van der Waals surface area contributed by atoms with Gasteiger partial charge in [0.05, 0.1) is 0 Å². The fraction of sp³-hybridized carbons (Fsp3) is 0.625. The second-order valence-corrected chi connectivity index (χ2v) is 5.94. The molecule has 1 aromatic rings. The van der Waals surface area contributed by atoms with Gasteiger partial charge in [-0.3, -0.25) is 4.90 Å². The number of hydrogen-bond acceptors (Lipinski definition) is 3. The van der Waals surface area contributed by atoms with Crippen molar-refractivity contribution in [3.8, 4) is 5.75 Å². The lowest BCUT2D eigenvalue weighted by atomic mass is 10.0. The quantitative estimate of drug-likeness (QED) is 0.856. The lowest BCUT2D eigenvalue weighted by molar-refractivity contribution is 0.190. The van der Waals surface area contributed by atoms with Gasteiger partial charge in [0.15, 0.2) is 0 Å². The van der Waals surface area contributed by atoms with Crippen molar-refractivity contribution >= 4 is 0 Å². The Morgan fingerprint density at radius 2 is 2.05 bits per heavy atom. The van der Waals surface area contributed by atoms with Crippen molar-refractivity contribution in [2.24, 2.45) is 11.7 Å². The first-order valence-electron chi connectivity index (χ1n) is 7.34. The van der Waals surface area contributed by atoms with E-state index >= 15 is 0 Å². The smallest absolute Gasteiger partial charge is 0.115 e. The van der Waals surface area contributed by atoms with Crippen LogP contribution in [0.25, 0.3) is 0 Å². The summed E-state index contributed by atoms with van der Waals surface area (Å²) < 4.78 is 0. The van der Waals surface area contributed by atoms with Crippen LogP contribution >= 0.6 is 0 Å². The van der Waals surface area contributed by atoms with E-state index in [1.165, 1.54) is 12.0 Å². The summed E-state index contributed by atoms with van der Waals surface area (Å²) in [4.78, 5) is 2.60. The van der Waals surface area contributed by atoms with E-state index in [2.05, 4.69) is 18.7 Å². The van der Waals surface area contributed by atoms with E-state index in [4.69, 9.17) is 5.73 Å². The van der Waals surface area contributed by atoms with Crippen LogP contribution in [0.1, 0.15) is 32.3 Å². The Morgan fingerprint density at radius 3 is 2.63 bits per heavy atom. The van der Waals surface area contributed by atoms with Gasteiger partial charge in [-0.25, -0.2) is 0 Å². The van der Waals surface area contributed by atoms with Crippen molar-refractivity contribution in [2.75, 3.05) is 13.1 Å². The average molecular weight is 262 g/mol. The molecule has 19 heavy (non-hydrogen) atoms. The van der Waals surface area contributed by atoms with Gasteiger partial charge in [-0.05, 0) is 63.3 Å². The van der Waals surface area contributed by atoms with E-state index in [1.807, 2.05) is 12.1 Å². The van der Waals surface area contributed by atoms with Crippen molar-refractivity contribution in [3.63, 3.8) is 0 Å². The van der Waals surface area contributed by atoms with Gasteiger partial charge in [0.2, 0.25) is 0 Å². The summed E-state index contributed by atoms with van der Waals surface area (Å²) in [6.07, 6.45) is 3.46. The Kier molecular flexibility index (Phi) is 4.83. The predicted octanol–water partition coefficient (Wildman–Crippen LogP) is 2.38. The minimum absolute atomic E-state index is 0.343. The number of aryl methyl sites for hydroxylation is 1. The fourth-order valence-electron chi connectivity index (χ4n) is 3.16. The van der Waals surface area contributed by atoms with Gasteiger partial charge < -0.3 is 10.8 Å². The van der Waals surface area contributed by atoms with Crippen LogP contribution in [0.4, 0.5) is 0 Å². The molecule has 1 saturated heterocycles. The lowest BCUT2D eigenvalue weighted by Gasteiger charge is -2.28. The van der Waals surface area contributed by atoms with E-state index in [1.54, 1.807) is 12.1 Å². The molecular formula is C16H26N2O. The Hall–Kier alpha value is -1.06. The van der Waals surface area contributed by atoms with Gasteiger partial charge in [0, 0.05) is 18.6 Å². The SMILES string of the molecule is CC(CCc1ccc(O)cc1)N1CC(CN)CC1C. The molecule has 3 nitrogen and oxygen atoms in total. The number of aromatic hydroxyl groups is 1. The second-order valence-electron chi connectivity index (χ2n) is 5.94. The second kappa shape index (κ2) is 6.40. The molecule has 3 unspecified atom stereocenters. The van der Waals surface area contributed by atoms with Gasteiger partial charge >= 0.3 is 0 Å². The molecule has 0 bridgehead atoms. The molecule has 0 radical (unpaired) electrons. The van der Waals surface area contributed by atoms with E-state index in [9.17, 15) is 5.11 Å². The Morgan fingerprint density at radius 1 is 1.37 bits per heavy atom. The maximum Gasteiger partial charge on any atom is 0.115 e. The zero-order valence-corrected chi connectivity index (χ0v) is 12.0. The van der Waals surface area contributed by atoms with Crippen LogP contribution < -0.4 is 5.73 Å². The summed E-state index contributed by atoms with van der Waals surface area (Å²) in [5.74, 6) is 1.02. The summed E-state index contributed by atoms with van der Waals surface area (Å²) in [7, 11) is 0. The first-order valence-corrected chi connectivity index (χ1v) is 7.34. The predicted molar refractivity (Wildman–Crippen MR) is 79.2 cm³/mol. The molecule has 0 aromatic heterocycles. The van der Waals surface area contributed by atoms with E-state index in [-0.39, 0.29) is 0 Å². The van der Waals surface area contributed by atoms with Crippen LogP contribution in [0.3, 0.4) is 0 Å². The number of phenolic OH excluding ortho intramolecular Hbond substituents is 1. The fourth-order valence-corrected chi connectivity index (χ4v) is 3.16. The molecule has 3 heteroatoms. The van der Waals surface area contributed by atoms with Gasteiger partial charge in [0.25, 0.3) is 0 Å². The zero-order valence-electron chi connectivity index (χ0n) is 12.0. The summed E-state index contributed by atoms with van der Waals surface area (Å²) in [6.45, 7) is 6.59. The van der Waals surface area contributed by atoms with Gasteiger partial charge in [0.1, 0.15) is 5.75 Å². The number of benzene rings is 1. The normalized spacial score (nSPS) is 25.6. The van der Waals surface area contributed by atoms with Crippen molar-refractivity contribution in [1.82, 2.24) is 4.90 Å². The van der Waals surface area contributed by atoms with Crippen LogP contribution in [0.15, 0.2) is 24.3 Å². The standard InChI is InChI=1S/C16H26N2O/c1-12(18-11-15(10-17)9-13(18)2)3-4-14-5-7-16(19)8-6-14/h5-8,12-13,15,19H,3-4,9-11,17H2,1-2H3. The molecule has 1 fully saturated rings. The molecule has 1 aliphatic heterocycles. The zero-order chi connectivity index (χ0) is 13.8. The molecule has 2 rings (SSSR count). The number of phenols is 1. The molecular weight excluding hydrogens is 236 g/mol. The molecule has 3 atom stereocenters. The van der Waals surface area contributed by atoms with Crippen LogP contribution in [-0.2, 0) is 6.42 Å². The largest absolute Gasteiger partial charge is 0.508 e. The van der Waals surface area contributed by atoms with E-state index < -0.39 is 0 Å². The molecule has 0 saturated carbocycles. The average Bonchev–Trinajstić information content (AvgIpc) is 2.79. The highest BCUT2D eigenvalue weighted by molar-refractivity contribution is 5.25. The first kappa shape index (κ1) is 14.4. The van der Waals surface area contributed by atoms with E-state index in [0.29, 0.717) is 23.8 Å². The molecule has 1 aliphatic rings. The highest BCUT2D eigenvalue weighted by Gasteiger charge is 2.30. The van der Waals surface area contributed by atoms with Crippen LogP contribution in [0.5, 0.6) is 5.75 Å². The van der Waals surface area contributed by atoms with Crippen LogP contribution in [-0.4, -0.2) is 35.2 Å². The number of rotatable bonds is 5. The molecule has 3 N–H and O–H groups in total. The highest BCUT2D eigenvalue weighted by atomic mass is 16.3. The maximum absolute atomic E-state index is 9.28. The molecule has 0 amide bonds. The van der Waals surface area contributed by atoms with Crippen molar-refractivity contribution < 1.29 is 5.11 Å². The molecule has 1 aromatic carbocycles. The number of hydrogen-bond donors (Lipinski definition) is 2. The molecule has 0 aliphatic carbocycles. The third-order valence-corrected chi connectivity index (χ3v) is 4.40. The number of nitrogens with two attached hydrogens (primary N) is 1. The third kappa shape index (κ3) is 3.71. The number of likely N-dealkylation sites (tertiary alicyclic amines) is 1. The Balaban J connectivity index is 1.84. The molecule has 106 valence electrons. The third-order valence-electron chi connectivity index (χ3n) is 4.40. The monoisotopic (exact) mass is 262 g/mol. The summed E-state index contributed by atoms with van der Waals surface area (Å²) in [5.41, 5.74) is 7.09. The minimum atomic E-state index is 0.343. The maximum atomic E-state index is 9.28. The number of nitrogens with zero attached hydrogens (tertiary/aromatic N) is 1. The van der Waals surface area contributed by atoms with Crippen molar-refractivity contribution in [2.45, 2.75) is 45.2 Å². The minimum Gasteiger partial charge on any atom is -0.508 e. The van der Waals surface area contributed by atoms with Gasteiger partial charge in [-0.1, -0.05) is 12.1 Å². The Bertz CT molecular complexity index is 390. The van der Waals surface area contributed by atoms with Gasteiger partial charge in [-0.15, -0.1) is 0 Å². The first-order chi connectivity index (χ1) is 9.10. The van der Waals surface area contributed by atoms with Crippen LogP contribution in [0, 0.1) is 5.92 Å².